The molecule has 0 saturated carbocycles. The first-order valence-corrected chi connectivity index (χ1v) is 8.56. The van der Waals surface area contributed by atoms with Crippen LogP contribution in [0.5, 0.6) is 0 Å². The topological polar surface area (TPSA) is 65.8 Å². The molecule has 2 aromatic rings. The minimum Gasteiger partial charge on any atom is -0.351 e. The number of nitrogens with two attached hydrogens (primary N) is 1. The number of nitriles is 1. The summed E-state index contributed by atoms with van der Waals surface area (Å²) in [6.45, 7) is 1.83. The van der Waals surface area contributed by atoms with Crippen molar-refractivity contribution in [2.75, 3.05) is 25.1 Å². The van der Waals surface area contributed by atoms with Crippen molar-refractivity contribution in [1.29, 1.82) is 5.26 Å². The second-order valence-corrected chi connectivity index (χ2v) is 6.02. The Morgan fingerprint density at radius 1 is 1.19 bits per heavy atom. The van der Waals surface area contributed by atoms with Gasteiger partial charge in [-0.15, -0.1) is 0 Å². The number of hydrogen-bond donors (Lipinski definition) is 1. The monoisotopic (exact) mass is 345 g/mol. The van der Waals surface area contributed by atoms with E-state index in [0.717, 1.165) is 43.0 Å². The molecular formula is C21H21N4O+. The number of quaternary nitrogens is 1. The standard InChI is InChI=1S/C21H20N4O/c1-26-24-20-9-4-12-23-21(20)25-13-10-17(11-14-25)5-2-6-18-7-3-8-19(15-18)16-22/h3-5,7-9,12,15,24H,10-11,13-14H2,1H3/p+1. The van der Waals surface area contributed by atoms with E-state index in [1.807, 2.05) is 42.6 Å². The summed E-state index contributed by atoms with van der Waals surface area (Å²) in [5.74, 6) is 7.20. The fourth-order valence-corrected chi connectivity index (χ4v) is 2.93. The number of piperidine rings is 1. The fraction of sp³-hybridized carbons (Fsp3) is 0.238. The van der Waals surface area contributed by atoms with Crippen LogP contribution >= 0.6 is 0 Å². The van der Waals surface area contributed by atoms with Crippen molar-refractivity contribution in [2.24, 2.45) is 0 Å². The average molecular weight is 345 g/mol. The Morgan fingerprint density at radius 3 is 2.77 bits per heavy atom. The Morgan fingerprint density at radius 2 is 2.00 bits per heavy atom. The van der Waals surface area contributed by atoms with Gasteiger partial charge < -0.3 is 4.90 Å². The van der Waals surface area contributed by atoms with Crippen LogP contribution in [-0.2, 0) is 4.84 Å². The van der Waals surface area contributed by atoms with E-state index in [9.17, 15) is 0 Å². The number of rotatable bonds is 3. The second kappa shape index (κ2) is 8.82. The number of benzene rings is 1. The zero-order chi connectivity index (χ0) is 18.2. The fourth-order valence-electron chi connectivity index (χ4n) is 2.93. The molecule has 2 N–H and O–H groups in total. The van der Waals surface area contributed by atoms with Crippen LogP contribution in [0.1, 0.15) is 24.0 Å². The summed E-state index contributed by atoms with van der Waals surface area (Å²) in [4.78, 5) is 11.9. The maximum absolute atomic E-state index is 8.93. The third kappa shape index (κ3) is 4.49. The lowest BCUT2D eigenvalue weighted by Crippen LogP contribution is -2.76. The predicted molar refractivity (Wildman–Crippen MR) is 100 cm³/mol. The molecule has 1 saturated heterocycles. The van der Waals surface area contributed by atoms with E-state index in [2.05, 4.69) is 27.8 Å². The minimum absolute atomic E-state index is 0.636. The molecule has 130 valence electrons. The summed E-state index contributed by atoms with van der Waals surface area (Å²) in [5.41, 5.74) is 5.58. The van der Waals surface area contributed by atoms with Gasteiger partial charge in [0, 0.05) is 30.9 Å². The average Bonchev–Trinajstić information content (AvgIpc) is 2.69. The molecule has 0 radical (unpaired) electrons. The normalized spacial score (nSPS) is 13.5. The van der Waals surface area contributed by atoms with Crippen molar-refractivity contribution in [3.05, 3.63) is 65.4 Å². The molecule has 1 fully saturated rings. The molecule has 2 heterocycles. The van der Waals surface area contributed by atoms with E-state index in [0.29, 0.717) is 5.56 Å². The highest BCUT2D eigenvalue weighted by Crippen LogP contribution is 2.24. The van der Waals surface area contributed by atoms with Gasteiger partial charge in [-0.2, -0.15) is 10.7 Å². The molecule has 0 bridgehead atoms. The van der Waals surface area contributed by atoms with Crippen molar-refractivity contribution in [1.82, 2.24) is 4.98 Å². The lowest BCUT2D eigenvalue weighted by Gasteiger charge is -2.29. The Labute approximate surface area is 153 Å². The quantitative estimate of drug-likeness (QED) is 0.685. The third-order valence-corrected chi connectivity index (χ3v) is 4.25. The second-order valence-electron chi connectivity index (χ2n) is 6.02. The van der Waals surface area contributed by atoms with E-state index in [4.69, 9.17) is 10.1 Å². The summed E-state index contributed by atoms with van der Waals surface area (Å²) in [7, 11) is 1.65. The maximum Gasteiger partial charge on any atom is 0.204 e. The highest BCUT2D eigenvalue weighted by molar-refractivity contribution is 5.57. The zero-order valence-corrected chi connectivity index (χ0v) is 14.8. The van der Waals surface area contributed by atoms with Crippen LogP contribution < -0.4 is 10.4 Å². The summed E-state index contributed by atoms with van der Waals surface area (Å²) in [6, 6.07) is 13.4. The lowest BCUT2D eigenvalue weighted by molar-refractivity contribution is -0.829. The van der Waals surface area contributed by atoms with E-state index in [1.54, 1.807) is 18.7 Å². The van der Waals surface area contributed by atoms with Crippen LogP contribution in [0.25, 0.3) is 0 Å². The molecule has 1 aromatic carbocycles. The number of hydrogen-bond acceptors (Lipinski definition) is 4. The van der Waals surface area contributed by atoms with E-state index in [-0.39, 0.29) is 0 Å². The number of aromatic nitrogens is 1. The van der Waals surface area contributed by atoms with E-state index < -0.39 is 0 Å². The van der Waals surface area contributed by atoms with Gasteiger partial charge in [-0.3, -0.25) is 0 Å². The first kappa shape index (κ1) is 17.7. The lowest BCUT2D eigenvalue weighted by atomic mass is 10.0. The van der Waals surface area contributed by atoms with Gasteiger partial charge in [0.15, 0.2) is 5.82 Å². The van der Waals surface area contributed by atoms with Gasteiger partial charge in [-0.25, -0.2) is 9.82 Å². The summed E-state index contributed by atoms with van der Waals surface area (Å²) in [6.07, 6.45) is 5.76. The third-order valence-electron chi connectivity index (χ3n) is 4.25. The van der Waals surface area contributed by atoms with E-state index in [1.165, 1.54) is 5.57 Å². The summed E-state index contributed by atoms with van der Waals surface area (Å²) >= 11 is 0. The molecule has 26 heavy (non-hydrogen) atoms. The Kier molecular flexibility index (Phi) is 6.01. The molecule has 0 aliphatic carbocycles. The van der Waals surface area contributed by atoms with Crippen LogP contribution in [-0.4, -0.2) is 25.2 Å². The molecule has 3 rings (SSSR count). The van der Waals surface area contributed by atoms with Gasteiger partial charge in [0.2, 0.25) is 5.69 Å². The van der Waals surface area contributed by atoms with Crippen molar-refractivity contribution < 1.29 is 10.3 Å². The van der Waals surface area contributed by atoms with Crippen LogP contribution in [0.3, 0.4) is 0 Å². The SMILES string of the molecule is CO[NH2+]c1cccnc1N1CCC(=CC#Cc2cccc(C#N)c2)CC1. The Balaban J connectivity index is 1.63. The molecule has 5 nitrogen and oxygen atoms in total. The first-order chi connectivity index (χ1) is 12.8. The highest BCUT2D eigenvalue weighted by Gasteiger charge is 2.19. The molecule has 0 atom stereocenters. The van der Waals surface area contributed by atoms with Crippen molar-refractivity contribution in [3.63, 3.8) is 0 Å². The molecule has 0 amide bonds. The number of pyridine rings is 1. The molecule has 0 unspecified atom stereocenters. The van der Waals surface area contributed by atoms with Gasteiger partial charge in [0.25, 0.3) is 0 Å². The van der Waals surface area contributed by atoms with Gasteiger partial charge in [0.1, 0.15) is 0 Å². The largest absolute Gasteiger partial charge is 0.351 e. The minimum atomic E-state index is 0.636. The summed E-state index contributed by atoms with van der Waals surface area (Å²) in [5, 5.41) is 8.93. The van der Waals surface area contributed by atoms with Crippen LogP contribution in [0.4, 0.5) is 11.5 Å². The number of allylic oxidation sites excluding steroid dienone is 1. The molecule has 0 spiro atoms. The molecule has 1 aliphatic rings. The van der Waals surface area contributed by atoms with Gasteiger partial charge in [-0.1, -0.05) is 23.5 Å². The predicted octanol–water partition coefficient (Wildman–Crippen LogP) is 2.29. The Bertz CT molecular complexity index is 892. The van der Waals surface area contributed by atoms with Crippen molar-refractivity contribution in [2.45, 2.75) is 12.8 Å². The summed E-state index contributed by atoms with van der Waals surface area (Å²) < 4.78 is 0. The smallest absolute Gasteiger partial charge is 0.204 e. The van der Waals surface area contributed by atoms with Gasteiger partial charge in [0.05, 0.1) is 18.7 Å². The zero-order valence-electron chi connectivity index (χ0n) is 14.8. The first-order valence-electron chi connectivity index (χ1n) is 8.56. The van der Waals surface area contributed by atoms with Crippen molar-refractivity contribution >= 4 is 11.5 Å². The van der Waals surface area contributed by atoms with Crippen molar-refractivity contribution in [3.8, 4) is 17.9 Å². The molecule has 1 aliphatic heterocycles. The number of nitrogens with zero attached hydrogens (tertiary/aromatic N) is 3. The van der Waals surface area contributed by atoms with Crippen LogP contribution in [0, 0.1) is 23.2 Å². The van der Waals surface area contributed by atoms with Gasteiger partial charge in [-0.05, 0) is 43.2 Å². The maximum atomic E-state index is 8.93. The van der Waals surface area contributed by atoms with E-state index >= 15 is 0 Å². The molecular weight excluding hydrogens is 324 g/mol. The Hall–Kier alpha value is -3.12. The van der Waals surface area contributed by atoms with Crippen LogP contribution in [0.15, 0.2) is 54.2 Å². The molecule has 5 heteroatoms. The highest BCUT2D eigenvalue weighted by atomic mass is 16.6. The van der Waals surface area contributed by atoms with Crippen LogP contribution in [0.2, 0.25) is 0 Å². The number of anilines is 1. The van der Waals surface area contributed by atoms with Gasteiger partial charge >= 0.3 is 0 Å². The molecule has 1 aromatic heterocycles.